The van der Waals surface area contributed by atoms with Gasteiger partial charge in [-0.2, -0.15) is 0 Å². The molecule has 3 aromatic rings. The molecular formula is C29H31N3O2. The summed E-state index contributed by atoms with van der Waals surface area (Å²) in [6.45, 7) is 6.06. The van der Waals surface area contributed by atoms with Crippen LogP contribution in [0.25, 0.3) is 0 Å². The maximum absolute atomic E-state index is 13.3. The number of nitrogens with zero attached hydrogens (tertiary/aromatic N) is 2. The minimum Gasteiger partial charge on any atom is -0.352 e. The summed E-state index contributed by atoms with van der Waals surface area (Å²) in [5, 5.41) is 3.06. The number of amides is 2. The number of carbonyl (C=O) groups excluding carboxylic acids is 2. The van der Waals surface area contributed by atoms with Crippen LogP contribution in [0.5, 0.6) is 0 Å². The third kappa shape index (κ3) is 5.60. The number of rotatable bonds is 7. The smallest absolute Gasteiger partial charge is 0.240 e. The lowest BCUT2D eigenvalue weighted by Crippen LogP contribution is -2.44. The van der Waals surface area contributed by atoms with E-state index in [4.69, 9.17) is 4.99 Å². The molecule has 0 aliphatic carbocycles. The highest BCUT2D eigenvalue weighted by atomic mass is 16.2. The van der Waals surface area contributed by atoms with Gasteiger partial charge in [0, 0.05) is 6.04 Å². The number of hydrogen-bond donors (Lipinski definition) is 1. The third-order valence-corrected chi connectivity index (χ3v) is 6.16. The Morgan fingerprint density at radius 1 is 1.03 bits per heavy atom. The van der Waals surface area contributed by atoms with Gasteiger partial charge in [0.1, 0.15) is 6.54 Å². The van der Waals surface area contributed by atoms with Gasteiger partial charge in [-0.3, -0.25) is 14.6 Å². The van der Waals surface area contributed by atoms with Crippen LogP contribution in [-0.2, 0) is 16.0 Å². The normalized spacial score (nSPS) is 14.1. The van der Waals surface area contributed by atoms with Crippen molar-refractivity contribution in [3.8, 4) is 0 Å². The van der Waals surface area contributed by atoms with Crippen molar-refractivity contribution in [2.24, 2.45) is 4.99 Å². The Morgan fingerprint density at radius 3 is 2.53 bits per heavy atom. The standard InChI is InChI=1S/C29H31N3O2/c1-20-13-16-24(21(2)17-20)26-18-29(34)32(27-12-8-7-11-25(27)31-26)19-28(33)30-22(3)14-15-23-9-5-4-6-10-23/h4-13,16-17,22H,14-15,18-19H2,1-3H3,(H,30,33)/t22-/m1/s1. The van der Waals surface area contributed by atoms with E-state index in [1.165, 1.54) is 11.1 Å². The van der Waals surface area contributed by atoms with E-state index in [-0.39, 0.29) is 30.8 Å². The second kappa shape index (κ2) is 10.5. The van der Waals surface area contributed by atoms with Gasteiger partial charge in [-0.15, -0.1) is 0 Å². The Morgan fingerprint density at radius 2 is 1.76 bits per heavy atom. The number of benzene rings is 3. The number of para-hydroxylation sites is 2. The highest BCUT2D eigenvalue weighted by molar-refractivity contribution is 6.19. The van der Waals surface area contributed by atoms with Crippen LogP contribution in [0.1, 0.15) is 42.0 Å². The van der Waals surface area contributed by atoms with E-state index in [0.29, 0.717) is 11.4 Å². The minimum absolute atomic E-state index is 0.00653. The fourth-order valence-corrected chi connectivity index (χ4v) is 4.38. The van der Waals surface area contributed by atoms with E-state index < -0.39 is 0 Å². The summed E-state index contributed by atoms with van der Waals surface area (Å²) in [5.74, 6) is -0.297. The van der Waals surface area contributed by atoms with Crippen molar-refractivity contribution < 1.29 is 9.59 Å². The van der Waals surface area contributed by atoms with Crippen LogP contribution < -0.4 is 10.2 Å². The molecule has 0 saturated heterocycles. The minimum atomic E-state index is -0.168. The van der Waals surface area contributed by atoms with Crippen molar-refractivity contribution >= 4 is 28.9 Å². The van der Waals surface area contributed by atoms with E-state index in [1.807, 2.05) is 75.4 Å². The molecule has 0 spiro atoms. The summed E-state index contributed by atoms with van der Waals surface area (Å²) in [6.07, 6.45) is 1.87. The summed E-state index contributed by atoms with van der Waals surface area (Å²) in [7, 11) is 0. The van der Waals surface area contributed by atoms with Crippen LogP contribution in [0.4, 0.5) is 11.4 Å². The lowest BCUT2D eigenvalue weighted by atomic mass is 9.99. The molecule has 0 unspecified atom stereocenters. The molecule has 0 bridgehead atoms. The van der Waals surface area contributed by atoms with Gasteiger partial charge >= 0.3 is 0 Å². The van der Waals surface area contributed by atoms with Gasteiger partial charge in [0.15, 0.2) is 0 Å². The molecule has 174 valence electrons. The molecule has 1 aliphatic heterocycles. The molecule has 0 fully saturated rings. The van der Waals surface area contributed by atoms with Gasteiger partial charge in [0.2, 0.25) is 11.8 Å². The number of aryl methyl sites for hydroxylation is 3. The van der Waals surface area contributed by atoms with Crippen molar-refractivity contribution in [3.63, 3.8) is 0 Å². The number of carbonyl (C=O) groups is 2. The van der Waals surface area contributed by atoms with Crippen LogP contribution in [0.2, 0.25) is 0 Å². The molecule has 4 rings (SSSR count). The largest absolute Gasteiger partial charge is 0.352 e. The second-order valence-corrected chi connectivity index (χ2v) is 9.02. The van der Waals surface area contributed by atoms with Crippen molar-refractivity contribution in [1.82, 2.24) is 5.32 Å². The maximum Gasteiger partial charge on any atom is 0.240 e. The monoisotopic (exact) mass is 453 g/mol. The van der Waals surface area contributed by atoms with E-state index in [1.54, 1.807) is 4.90 Å². The molecule has 1 atom stereocenters. The molecule has 1 aliphatic rings. The van der Waals surface area contributed by atoms with E-state index in [2.05, 4.69) is 23.5 Å². The molecule has 0 saturated carbocycles. The number of nitrogens with one attached hydrogen (secondary N) is 1. The Bertz CT molecular complexity index is 1220. The summed E-state index contributed by atoms with van der Waals surface area (Å²) in [5.41, 5.74) is 6.57. The zero-order chi connectivity index (χ0) is 24.1. The molecule has 3 aromatic carbocycles. The zero-order valence-electron chi connectivity index (χ0n) is 20.0. The first-order valence-electron chi connectivity index (χ1n) is 11.8. The van der Waals surface area contributed by atoms with Gasteiger partial charge in [0.05, 0.1) is 23.5 Å². The summed E-state index contributed by atoms with van der Waals surface area (Å²) in [4.78, 5) is 32.7. The highest BCUT2D eigenvalue weighted by Gasteiger charge is 2.27. The molecular weight excluding hydrogens is 422 g/mol. The molecule has 2 amide bonds. The molecule has 5 nitrogen and oxygen atoms in total. The molecule has 34 heavy (non-hydrogen) atoms. The molecule has 1 heterocycles. The molecule has 0 radical (unpaired) electrons. The molecule has 1 N–H and O–H groups in total. The number of hydrogen-bond acceptors (Lipinski definition) is 3. The van der Waals surface area contributed by atoms with Crippen molar-refractivity contribution in [2.75, 3.05) is 11.4 Å². The maximum atomic E-state index is 13.3. The lowest BCUT2D eigenvalue weighted by molar-refractivity contribution is -0.123. The number of fused-ring (bicyclic) bond motifs is 1. The fourth-order valence-electron chi connectivity index (χ4n) is 4.38. The third-order valence-electron chi connectivity index (χ3n) is 6.16. The number of anilines is 1. The van der Waals surface area contributed by atoms with Crippen LogP contribution in [-0.4, -0.2) is 30.1 Å². The first-order chi connectivity index (χ1) is 16.4. The van der Waals surface area contributed by atoms with E-state index in [0.717, 1.165) is 29.7 Å². The van der Waals surface area contributed by atoms with Gasteiger partial charge in [-0.05, 0) is 62.4 Å². The van der Waals surface area contributed by atoms with E-state index >= 15 is 0 Å². The van der Waals surface area contributed by atoms with Gasteiger partial charge < -0.3 is 10.2 Å². The Balaban J connectivity index is 1.48. The quantitative estimate of drug-likeness (QED) is 0.528. The average molecular weight is 454 g/mol. The summed E-state index contributed by atoms with van der Waals surface area (Å²) < 4.78 is 0. The topological polar surface area (TPSA) is 61.8 Å². The first-order valence-corrected chi connectivity index (χ1v) is 11.8. The summed E-state index contributed by atoms with van der Waals surface area (Å²) in [6, 6.07) is 23.9. The Labute approximate surface area is 201 Å². The van der Waals surface area contributed by atoms with Gasteiger partial charge in [-0.25, -0.2) is 0 Å². The Hall–Kier alpha value is -3.73. The first kappa shape index (κ1) is 23.4. The van der Waals surface area contributed by atoms with Gasteiger partial charge in [-0.1, -0.05) is 66.2 Å². The Kier molecular flexibility index (Phi) is 7.21. The molecule has 5 heteroatoms. The predicted octanol–water partition coefficient (Wildman–Crippen LogP) is 5.30. The fraction of sp³-hybridized carbons (Fsp3) is 0.276. The van der Waals surface area contributed by atoms with Crippen LogP contribution in [0, 0.1) is 13.8 Å². The van der Waals surface area contributed by atoms with Crippen molar-refractivity contribution in [1.29, 1.82) is 0 Å². The average Bonchev–Trinajstić information content (AvgIpc) is 2.95. The van der Waals surface area contributed by atoms with Crippen molar-refractivity contribution in [2.45, 2.75) is 46.1 Å². The number of aliphatic imine (C=N–C) groups is 1. The lowest BCUT2D eigenvalue weighted by Gasteiger charge is -2.23. The SMILES string of the molecule is Cc1ccc(C2=Nc3ccccc3N(CC(=O)N[C@H](C)CCc3ccccc3)C(=O)C2)c(C)c1. The van der Waals surface area contributed by atoms with Gasteiger partial charge in [0.25, 0.3) is 0 Å². The predicted molar refractivity (Wildman–Crippen MR) is 138 cm³/mol. The van der Waals surface area contributed by atoms with E-state index in [9.17, 15) is 9.59 Å². The van der Waals surface area contributed by atoms with Crippen molar-refractivity contribution in [3.05, 3.63) is 95.1 Å². The highest BCUT2D eigenvalue weighted by Crippen LogP contribution is 2.33. The van der Waals surface area contributed by atoms with Crippen LogP contribution in [0.3, 0.4) is 0 Å². The molecule has 0 aromatic heterocycles. The van der Waals surface area contributed by atoms with Crippen LogP contribution in [0.15, 0.2) is 77.8 Å². The second-order valence-electron chi connectivity index (χ2n) is 9.02. The van der Waals surface area contributed by atoms with Crippen LogP contribution >= 0.6 is 0 Å². The summed E-state index contributed by atoms with van der Waals surface area (Å²) >= 11 is 0. The zero-order valence-corrected chi connectivity index (χ0v) is 20.0.